The Morgan fingerprint density at radius 2 is 1.93 bits per heavy atom. The van der Waals surface area contributed by atoms with Crippen molar-refractivity contribution in [3.63, 3.8) is 0 Å². The van der Waals surface area contributed by atoms with Gasteiger partial charge in [0.1, 0.15) is 0 Å². The summed E-state index contributed by atoms with van der Waals surface area (Å²) < 4.78 is 0.997. The number of fused-ring (bicyclic) bond motifs is 1. The van der Waals surface area contributed by atoms with Gasteiger partial charge in [-0.15, -0.1) is 0 Å². The van der Waals surface area contributed by atoms with E-state index in [0.717, 1.165) is 15.8 Å². The number of amides is 2. The van der Waals surface area contributed by atoms with Crippen molar-refractivity contribution in [2.45, 2.75) is 13.3 Å². The number of nitrogens with zero attached hydrogens (tertiary/aromatic N) is 2. The Morgan fingerprint density at radius 1 is 1.19 bits per heavy atom. The summed E-state index contributed by atoms with van der Waals surface area (Å²) in [5, 5.41) is 16.5. The van der Waals surface area contributed by atoms with E-state index in [2.05, 4.69) is 15.6 Å². The van der Waals surface area contributed by atoms with Gasteiger partial charge in [0, 0.05) is 30.7 Å². The molecule has 0 aliphatic carbocycles. The second-order valence-electron chi connectivity index (χ2n) is 5.85. The number of anilines is 1. The average Bonchev–Trinajstić information content (AvgIpc) is 3.02. The van der Waals surface area contributed by atoms with Gasteiger partial charge in [-0.2, -0.15) is 0 Å². The number of nitrogens with one attached hydrogen (secondary N) is 2. The highest BCUT2D eigenvalue weighted by molar-refractivity contribution is 7.22. The van der Waals surface area contributed by atoms with E-state index in [1.165, 1.54) is 35.6 Å². The quantitative estimate of drug-likeness (QED) is 0.500. The molecule has 0 radical (unpaired) electrons. The van der Waals surface area contributed by atoms with Gasteiger partial charge < -0.3 is 10.6 Å². The van der Waals surface area contributed by atoms with Crippen LogP contribution >= 0.6 is 11.3 Å². The van der Waals surface area contributed by atoms with Gasteiger partial charge in [-0.25, -0.2) is 4.98 Å². The van der Waals surface area contributed by atoms with Gasteiger partial charge in [0.2, 0.25) is 5.91 Å². The number of thiazole rings is 1. The molecule has 0 aliphatic heterocycles. The minimum Gasteiger partial charge on any atom is -0.352 e. The number of nitro benzene ring substituents is 1. The van der Waals surface area contributed by atoms with E-state index in [9.17, 15) is 19.7 Å². The molecule has 1 heterocycles. The van der Waals surface area contributed by atoms with Crippen LogP contribution in [0.4, 0.5) is 10.8 Å². The maximum Gasteiger partial charge on any atom is 0.269 e. The molecule has 0 fully saturated rings. The molecule has 138 valence electrons. The second kappa shape index (κ2) is 7.92. The minimum absolute atomic E-state index is 0.0862. The van der Waals surface area contributed by atoms with Gasteiger partial charge in [0.05, 0.1) is 15.1 Å². The summed E-state index contributed by atoms with van der Waals surface area (Å²) in [5.74, 6) is -0.650. The first-order valence-corrected chi connectivity index (χ1v) is 8.94. The SMILES string of the molecule is Cc1ccc2nc(NC(=O)CCNC(=O)c3ccc([N+](=O)[O-])cc3)sc2c1. The lowest BCUT2D eigenvalue weighted by molar-refractivity contribution is -0.384. The maximum absolute atomic E-state index is 12.0. The summed E-state index contributed by atoms with van der Waals surface area (Å²) in [4.78, 5) is 38.4. The minimum atomic E-state index is -0.532. The van der Waals surface area contributed by atoms with E-state index in [-0.39, 0.29) is 24.6 Å². The number of non-ortho nitro benzene ring substituents is 1. The third-order valence-corrected chi connectivity index (χ3v) is 4.70. The van der Waals surface area contributed by atoms with E-state index in [1.54, 1.807) is 0 Å². The molecule has 3 rings (SSSR count). The zero-order valence-corrected chi connectivity index (χ0v) is 15.2. The van der Waals surface area contributed by atoms with Crippen LogP contribution in [0.15, 0.2) is 42.5 Å². The average molecular weight is 384 g/mol. The van der Waals surface area contributed by atoms with E-state index >= 15 is 0 Å². The molecule has 2 N–H and O–H groups in total. The maximum atomic E-state index is 12.0. The highest BCUT2D eigenvalue weighted by Crippen LogP contribution is 2.26. The molecule has 0 saturated heterocycles. The van der Waals surface area contributed by atoms with Crippen LogP contribution in [0.5, 0.6) is 0 Å². The highest BCUT2D eigenvalue weighted by atomic mass is 32.1. The van der Waals surface area contributed by atoms with Crippen molar-refractivity contribution in [3.05, 3.63) is 63.7 Å². The van der Waals surface area contributed by atoms with Crippen LogP contribution in [0.1, 0.15) is 22.3 Å². The Morgan fingerprint density at radius 3 is 2.63 bits per heavy atom. The van der Waals surface area contributed by atoms with Crippen LogP contribution in [-0.2, 0) is 4.79 Å². The molecule has 27 heavy (non-hydrogen) atoms. The number of aryl methyl sites for hydroxylation is 1. The van der Waals surface area contributed by atoms with Gasteiger partial charge in [-0.1, -0.05) is 17.4 Å². The lowest BCUT2D eigenvalue weighted by Gasteiger charge is -2.05. The summed E-state index contributed by atoms with van der Waals surface area (Å²) in [6.45, 7) is 2.14. The van der Waals surface area contributed by atoms with Gasteiger partial charge in [0.25, 0.3) is 11.6 Å². The summed E-state index contributed by atoms with van der Waals surface area (Å²) in [5.41, 5.74) is 2.16. The van der Waals surface area contributed by atoms with Crippen LogP contribution in [0.25, 0.3) is 10.2 Å². The first-order chi connectivity index (χ1) is 12.9. The number of carbonyl (C=O) groups is 2. The predicted octanol–water partition coefficient (Wildman–Crippen LogP) is 3.27. The Balaban J connectivity index is 1.49. The molecule has 9 heteroatoms. The smallest absolute Gasteiger partial charge is 0.269 e. The van der Waals surface area contributed by atoms with Gasteiger partial charge >= 0.3 is 0 Å². The monoisotopic (exact) mass is 384 g/mol. The molecule has 0 atom stereocenters. The zero-order valence-electron chi connectivity index (χ0n) is 14.4. The topological polar surface area (TPSA) is 114 Å². The number of aromatic nitrogens is 1. The summed E-state index contributed by atoms with van der Waals surface area (Å²) >= 11 is 1.39. The van der Waals surface area contributed by atoms with E-state index in [0.29, 0.717) is 10.7 Å². The van der Waals surface area contributed by atoms with Crippen molar-refractivity contribution < 1.29 is 14.5 Å². The lowest BCUT2D eigenvalue weighted by atomic mass is 10.2. The number of carbonyl (C=O) groups excluding carboxylic acids is 2. The van der Waals surface area contributed by atoms with E-state index in [4.69, 9.17) is 0 Å². The largest absolute Gasteiger partial charge is 0.352 e. The number of hydrogen-bond acceptors (Lipinski definition) is 6. The fourth-order valence-corrected chi connectivity index (χ4v) is 3.37. The molecule has 0 unspecified atom stereocenters. The summed E-state index contributed by atoms with van der Waals surface area (Å²) in [6.07, 6.45) is 0.0909. The van der Waals surface area contributed by atoms with Gasteiger partial charge in [0.15, 0.2) is 5.13 Å². The van der Waals surface area contributed by atoms with E-state index in [1.807, 2.05) is 25.1 Å². The zero-order chi connectivity index (χ0) is 19.4. The van der Waals surface area contributed by atoms with Crippen LogP contribution < -0.4 is 10.6 Å². The molecule has 1 aromatic heterocycles. The summed E-state index contributed by atoms with van der Waals surface area (Å²) in [7, 11) is 0. The van der Waals surface area contributed by atoms with Crippen molar-refractivity contribution in [2.24, 2.45) is 0 Å². The molecule has 0 spiro atoms. The Kier molecular flexibility index (Phi) is 5.41. The normalized spacial score (nSPS) is 10.6. The Bertz CT molecular complexity index is 1010. The number of rotatable bonds is 6. The first kappa shape index (κ1) is 18.5. The predicted molar refractivity (Wildman–Crippen MR) is 103 cm³/mol. The standard InChI is InChI=1S/C18H16N4O4S/c1-11-2-7-14-15(10-11)27-18(20-14)21-16(23)8-9-19-17(24)12-3-5-13(6-4-12)22(25)26/h2-7,10H,8-9H2,1H3,(H,19,24)(H,20,21,23). The number of nitro groups is 1. The first-order valence-electron chi connectivity index (χ1n) is 8.12. The fourth-order valence-electron chi connectivity index (χ4n) is 2.39. The van der Waals surface area contributed by atoms with Gasteiger partial charge in [-0.3, -0.25) is 19.7 Å². The van der Waals surface area contributed by atoms with Crippen molar-refractivity contribution >= 4 is 44.2 Å². The van der Waals surface area contributed by atoms with Crippen molar-refractivity contribution in [1.29, 1.82) is 0 Å². The number of hydrogen-bond donors (Lipinski definition) is 2. The summed E-state index contributed by atoms with van der Waals surface area (Å²) in [6, 6.07) is 11.1. The molecule has 0 bridgehead atoms. The Labute approximate surface area is 158 Å². The highest BCUT2D eigenvalue weighted by Gasteiger charge is 2.11. The van der Waals surface area contributed by atoms with Crippen molar-refractivity contribution in [1.82, 2.24) is 10.3 Å². The lowest BCUT2D eigenvalue weighted by Crippen LogP contribution is -2.27. The molecule has 2 amide bonds. The number of benzene rings is 2. The van der Waals surface area contributed by atoms with Crippen molar-refractivity contribution in [2.75, 3.05) is 11.9 Å². The third-order valence-electron chi connectivity index (χ3n) is 3.77. The molecule has 8 nitrogen and oxygen atoms in total. The molecule has 3 aromatic rings. The Hall–Kier alpha value is -3.33. The fraction of sp³-hybridized carbons (Fsp3) is 0.167. The molecular formula is C18H16N4O4S. The van der Waals surface area contributed by atoms with Crippen LogP contribution in [0, 0.1) is 17.0 Å². The second-order valence-corrected chi connectivity index (χ2v) is 6.88. The molecule has 0 saturated carbocycles. The van der Waals surface area contributed by atoms with Crippen LogP contribution in [0.2, 0.25) is 0 Å². The van der Waals surface area contributed by atoms with Crippen LogP contribution in [0.3, 0.4) is 0 Å². The molecule has 2 aromatic carbocycles. The molecule has 0 aliphatic rings. The van der Waals surface area contributed by atoms with Crippen LogP contribution in [-0.4, -0.2) is 28.3 Å². The third kappa shape index (κ3) is 4.64. The van der Waals surface area contributed by atoms with Gasteiger partial charge in [-0.05, 0) is 36.8 Å². The van der Waals surface area contributed by atoms with Crippen molar-refractivity contribution in [3.8, 4) is 0 Å². The van der Waals surface area contributed by atoms with E-state index < -0.39 is 10.8 Å². The molecular weight excluding hydrogens is 368 g/mol.